The van der Waals surface area contributed by atoms with E-state index in [9.17, 15) is 14.4 Å². The number of rotatable bonds is 8. The molecule has 1 amide bonds. The summed E-state index contributed by atoms with van der Waals surface area (Å²) in [6.07, 6.45) is 4.74. The van der Waals surface area contributed by atoms with Gasteiger partial charge in [-0.3, -0.25) is 24.0 Å². The molecular weight excluding hydrogens is 438 g/mol. The zero-order chi connectivity index (χ0) is 24.1. The van der Waals surface area contributed by atoms with Crippen molar-refractivity contribution in [3.05, 3.63) is 99.1 Å². The fourth-order valence-corrected chi connectivity index (χ4v) is 3.47. The van der Waals surface area contributed by atoms with Gasteiger partial charge in [0.1, 0.15) is 5.82 Å². The molecule has 1 aromatic carbocycles. The Morgan fingerprint density at radius 2 is 1.94 bits per heavy atom. The first-order valence-corrected chi connectivity index (χ1v) is 10.4. The average molecular weight is 461 g/mol. The summed E-state index contributed by atoms with van der Waals surface area (Å²) in [5.41, 5.74) is 5.76. The maximum atomic E-state index is 13.4. The van der Waals surface area contributed by atoms with Crippen LogP contribution in [-0.2, 0) is 11.3 Å². The van der Waals surface area contributed by atoms with Gasteiger partial charge in [0, 0.05) is 32.2 Å². The van der Waals surface area contributed by atoms with Crippen molar-refractivity contribution in [2.24, 2.45) is 0 Å². The van der Waals surface area contributed by atoms with Crippen LogP contribution < -0.4 is 21.9 Å². The number of aromatic nitrogens is 5. The van der Waals surface area contributed by atoms with Crippen LogP contribution in [0.1, 0.15) is 15.9 Å². The number of methoxy groups -OCH3 is 1. The average Bonchev–Trinajstić information content (AvgIpc) is 3.39. The quantitative estimate of drug-likeness (QED) is 0.399. The lowest BCUT2D eigenvalue weighted by Gasteiger charge is -2.24. The number of nitrogens with zero attached hydrogens (tertiary/aromatic N) is 5. The highest BCUT2D eigenvalue weighted by Crippen LogP contribution is 2.20. The second kappa shape index (κ2) is 9.96. The number of H-pyrrole nitrogens is 1. The number of nitrogens with two attached hydrogens (primary N) is 1. The fraction of sp³-hybridized carbons (Fsp3) is 0.174. The van der Waals surface area contributed by atoms with E-state index in [2.05, 4.69) is 15.1 Å². The van der Waals surface area contributed by atoms with Crippen LogP contribution in [0.4, 0.5) is 11.5 Å². The van der Waals surface area contributed by atoms with E-state index < -0.39 is 17.2 Å². The van der Waals surface area contributed by atoms with Gasteiger partial charge in [-0.2, -0.15) is 5.10 Å². The second-order valence-corrected chi connectivity index (χ2v) is 7.37. The fourth-order valence-electron chi connectivity index (χ4n) is 3.47. The molecular formula is C23H23N7O4. The van der Waals surface area contributed by atoms with Crippen molar-refractivity contribution in [1.29, 1.82) is 0 Å². The van der Waals surface area contributed by atoms with Crippen LogP contribution in [0.3, 0.4) is 0 Å². The van der Waals surface area contributed by atoms with Crippen LogP contribution in [0.15, 0.2) is 76.7 Å². The van der Waals surface area contributed by atoms with Gasteiger partial charge in [0.2, 0.25) is 0 Å². The molecule has 0 spiro atoms. The molecule has 174 valence electrons. The SMILES string of the molecule is COCCN(C(=O)c1ccc(-n2cccn2)nc1)c1c(N)n(Cc2ccccc2)c(=O)[nH]c1=O. The molecule has 4 rings (SSSR count). The van der Waals surface area contributed by atoms with E-state index in [4.69, 9.17) is 10.5 Å². The largest absolute Gasteiger partial charge is 0.383 e. The molecule has 11 nitrogen and oxygen atoms in total. The Balaban J connectivity index is 1.73. The summed E-state index contributed by atoms with van der Waals surface area (Å²) in [6, 6.07) is 14.1. The van der Waals surface area contributed by atoms with Gasteiger partial charge in [-0.15, -0.1) is 0 Å². The van der Waals surface area contributed by atoms with Gasteiger partial charge in [-0.05, 0) is 23.8 Å². The first-order chi connectivity index (χ1) is 16.5. The molecule has 11 heteroatoms. The van der Waals surface area contributed by atoms with E-state index in [0.29, 0.717) is 5.82 Å². The summed E-state index contributed by atoms with van der Waals surface area (Å²) in [4.78, 5) is 46.5. The molecule has 0 aliphatic heterocycles. The number of hydrogen-bond acceptors (Lipinski definition) is 7. The summed E-state index contributed by atoms with van der Waals surface area (Å²) >= 11 is 0. The lowest BCUT2D eigenvalue weighted by Crippen LogP contribution is -2.42. The molecule has 0 aliphatic rings. The van der Waals surface area contributed by atoms with E-state index in [1.807, 2.05) is 30.3 Å². The minimum atomic E-state index is -0.766. The second-order valence-electron chi connectivity index (χ2n) is 7.37. The lowest BCUT2D eigenvalue weighted by atomic mass is 10.2. The van der Waals surface area contributed by atoms with Crippen molar-refractivity contribution in [3.63, 3.8) is 0 Å². The van der Waals surface area contributed by atoms with Crippen LogP contribution in [0, 0.1) is 0 Å². The highest BCUT2D eigenvalue weighted by Gasteiger charge is 2.25. The zero-order valence-electron chi connectivity index (χ0n) is 18.4. The third-order valence-corrected chi connectivity index (χ3v) is 5.17. The van der Waals surface area contributed by atoms with Crippen molar-refractivity contribution in [3.8, 4) is 5.82 Å². The van der Waals surface area contributed by atoms with Gasteiger partial charge in [0.25, 0.3) is 11.5 Å². The number of anilines is 2. The van der Waals surface area contributed by atoms with Crippen molar-refractivity contribution in [1.82, 2.24) is 24.3 Å². The molecule has 3 N–H and O–H groups in total. The van der Waals surface area contributed by atoms with Gasteiger partial charge in [0.15, 0.2) is 11.5 Å². The minimum absolute atomic E-state index is 0.0348. The number of amides is 1. The molecule has 0 aliphatic carbocycles. The van der Waals surface area contributed by atoms with Gasteiger partial charge in [0.05, 0.1) is 18.7 Å². The highest BCUT2D eigenvalue weighted by molar-refractivity contribution is 6.07. The number of carbonyl (C=O) groups excluding carboxylic acids is 1. The molecule has 0 atom stereocenters. The maximum Gasteiger partial charge on any atom is 0.330 e. The molecule has 34 heavy (non-hydrogen) atoms. The molecule has 3 aromatic heterocycles. The van der Waals surface area contributed by atoms with E-state index in [0.717, 1.165) is 5.56 Å². The number of benzene rings is 1. The number of aromatic amines is 1. The van der Waals surface area contributed by atoms with Crippen LogP contribution in [0.25, 0.3) is 5.82 Å². The number of pyridine rings is 1. The molecule has 0 radical (unpaired) electrons. The molecule has 0 saturated heterocycles. The Morgan fingerprint density at radius 1 is 1.15 bits per heavy atom. The first-order valence-electron chi connectivity index (χ1n) is 10.4. The molecule has 0 saturated carbocycles. The van der Waals surface area contributed by atoms with Crippen molar-refractivity contribution < 1.29 is 9.53 Å². The number of carbonyl (C=O) groups is 1. The predicted octanol–water partition coefficient (Wildman–Crippen LogP) is 1.04. The number of nitrogens with one attached hydrogen (secondary N) is 1. The topological polar surface area (TPSA) is 141 Å². The maximum absolute atomic E-state index is 13.4. The van der Waals surface area contributed by atoms with E-state index >= 15 is 0 Å². The van der Waals surface area contributed by atoms with Crippen molar-refractivity contribution in [2.45, 2.75) is 6.54 Å². The highest BCUT2D eigenvalue weighted by atomic mass is 16.5. The molecule has 4 aromatic rings. The summed E-state index contributed by atoms with van der Waals surface area (Å²) in [5.74, 6) is -0.111. The van der Waals surface area contributed by atoms with Crippen LogP contribution in [0.2, 0.25) is 0 Å². The first kappa shape index (κ1) is 22.7. The molecule has 3 heterocycles. The zero-order valence-corrected chi connectivity index (χ0v) is 18.4. The monoisotopic (exact) mass is 461 g/mol. The Bertz CT molecular complexity index is 1380. The Kier molecular flexibility index (Phi) is 6.64. The Hall–Kier alpha value is -4.51. The minimum Gasteiger partial charge on any atom is -0.383 e. The van der Waals surface area contributed by atoms with Crippen molar-refractivity contribution >= 4 is 17.4 Å². The molecule has 0 bridgehead atoms. The molecule has 0 fully saturated rings. The Labute approximate surface area is 194 Å². The van der Waals surface area contributed by atoms with E-state index in [1.54, 1.807) is 35.3 Å². The lowest BCUT2D eigenvalue weighted by molar-refractivity contribution is 0.0975. The number of hydrogen-bond donors (Lipinski definition) is 2. The van der Waals surface area contributed by atoms with E-state index in [1.165, 1.54) is 22.8 Å². The number of nitrogen functional groups attached to an aromatic ring is 1. The number of ether oxygens (including phenoxy) is 1. The summed E-state index contributed by atoms with van der Waals surface area (Å²) < 4.78 is 7.91. The Morgan fingerprint density at radius 3 is 2.59 bits per heavy atom. The summed E-state index contributed by atoms with van der Waals surface area (Å²) in [7, 11) is 1.48. The molecule has 0 unspecified atom stereocenters. The third-order valence-electron chi connectivity index (χ3n) is 5.17. The normalized spacial score (nSPS) is 10.9. The van der Waals surface area contributed by atoms with Gasteiger partial charge in [-0.1, -0.05) is 30.3 Å². The summed E-state index contributed by atoms with van der Waals surface area (Å²) in [5, 5.41) is 4.11. The van der Waals surface area contributed by atoms with Gasteiger partial charge in [-0.25, -0.2) is 14.5 Å². The van der Waals surface area contributed by atoms with Crippen LogP contribution in [0.5, 0.6) is 0 Å². The van der Waals surface area contributed by atoms with Gasteiger partial charge >= 0.3 is 5.69 Å². The van der Waals surface area contributed by atoms with Gasteiger partial charge < -0.3 is 10.5 Å². The smallest absolute Gasteiger partial charge is 0.330 e. The van der Waals surface area contributed by atoms with Crippen LogP contribution >= 0.6 is 0 Å². The standard InChI is InChI=1S/C23H23N7O4/c1-34-13-12-28(22(32)17-8-9-18(25-14-17)30-11-5-10-26-30)19-20(24)29(23(33)27-21(19)31)15-16-6-3-2-4-7-16/h2-11,14H,12-13,15,24H2,1H3,(H,27,31,33). The van der Waals surface area contributed by atoms with Crippen LogP contribution in [-0.4, -0.2) is 50.5 Å². The summed E-state index contributed by atoms with van der Waals surface area (Å²) in [6.45, 7) is 0.302. The predicted molar refractivity (Wildman–Crippen MR) is 126 cm³/mol. The van der Waals surface area contributed by atoms with E-state index in [-0.39, 0.29) is 36.8 Å². The van der Waals surface area contributed by atoms with Crippen molar-refractivity contribution in [2.75, 3.05) is 30.9 Å². The third kappa shape index (κ3) is 4.64.